The summed E-state index contributed by atoms with van der Waals surface area (Å²) in [5.74, 6) is -0.319. The van der Waals surface area contributed by atoms with Crippen LogP contribution in [0, 0.1) is 5.92 Å². The molecule has 4 rings (SSSR count). The molecule has 1 saturated heterocycles. The lowest BCUT2D eigenvalue weighted by Crippen LogP contribution is -2.42. The number of alkyl halides is 2. The molecule has 3 aromatic rings. The maximum absolute atomic E-state index is 13.9. The second kappa shape index (κ2) is 9.05. The van der Waals surface area contributed by atoms with Crippen LogP contribution < -0.4 is 5.56 Å². The van der Waals surface area contributed by atoms with Gasteiger partial charge < -0.3 is 4.90 Å². The first-order valence-electron chi connectivity index (χ1n) is 10.7. The summed E-state index contributed by atoms with van der Waals surface area (Å²) in [5, 5.41) is 0.956. The van der Waals surface area contributed by atoms with Crippen LogP contribution in [0.2, 0.25) is 5.02 Å². The van der Waals surface area contributed by atoms with Crippen LogP contribution >= 0.6 is 11.6 Å². The third-order valence-electron chi connectivity index (χ3n) is 6.08. The fraction of sp³-hybridized carbons (Fsp3) is 0.417. The molecule has 1 fully saturated rings. The van der Waals surface area contributed by atoms with Crippen molar-refractivity contribution in [2.45, 2.75) is 45.7 Å². The van der Waals surface area contributed by atoms with Gasteiger partial charge in [0.25, 0.3) is 12.0 Å². The molecule has 0 radical (unpaired) electrons. The van der Waals surface area contributed by atoms with E-state index < -0.39 is 17.8 Å². The molecule has 1 aliphatic heterocycles. The highest BCUT2D eigenvalue weighted by Crippen LogP contribution is 2.29. The smallest absolute Gasteiger partial charge is 0.295 e. The molecule has 2 aromatic carbocycles. The Kier molecular flexibility index (Phi) is 6.39. The molecule has 7 heteroatoms. The molecule has 4 nitrogen and oxygen atoms in total. The van der Waals surface area contributed by atoms with Crippen LogP contribution in [0.4, 0.5) is 8.78 Å². The van der Waals surface area contributed by atoms with Gasteiger partial charge in [-0.25, -0.2) is 13.8 Å². The second-order valence-electron chi connectivity index (χ2n) is 8.49. The van der Waals surface area contributed by atoms with Gasteiger partial charge in [-0.3, -0.25) is 9.36 Å². The highest BCUT2D eigenvalue weighted by atomic mass is 35.5. The molecule has 1 atom stereocenters. The fourth-order valence-electron chi connectivity index (χ4n) is 4.47. The Bertz CT molecular complexity index is 1130. The monoisotopic (exact) mass is 445 g/mol. The zero-order valence-corrected chi connectivity index (χ0v) is 18.4. The minimum absolute atomic E-state index is 0.133. The molecule has 0 saturated carbocycles. The van der Waals surface area contributed by atoms with Crippen molar-refractivity contribution >= 4 is 22.5 Å². The largest absolute Gasteiger partial charge is 0.301 e. The second-order valence-corrected chi connectivity index (χ2v) is 8.93. The highest BCUT2D eigenvalue weighted by molar-refractivity contribution is 6.30. The predicted molar refractivity (Wildman–Crippen MR) is 121 cm³/mol. The summed E-state index contributed by atoms with van der Waals surface area (Å²) in [6, 6.07) is 12.7. The molecule has 1 aliphatic rings. The fourth-order valence-corrected chi connectivity index (χ4v) is 4.59. The average Bonchev–Trinajstić information content (AvgIpc) is 2.75. The van der Waals surface area contributed by atoms with Crippen LogP contribution in [-0.4, -0.2) is 33.6 Å². The Morgan fingerprint density at radius 2 is 1.90 bits per heavy atom. The Balaban J connectivity index is 1.83. The van der Waals surface area contributed by atoms with Crippen molar-refractivity contribution < 1.29 is 8.78 Å². The zero-order valence-electron chi connectivity index (χ0n) is 17.7. The van der Waals surface area contributed by atoms with E-state index in [4.69, 9.17) is 11.6 Å². The van der Waals surface area contributed by atoms with Gasteiger partial charge in [0, 0.05) is 24.2 Å². The zero-order chi connectivity index (χ0) is 22.1. The van der Waals surface area contributed by atoms with Crippen LogP contribution in [0.15, 0.2) is 47.3 Å². The number of aromatic nitrogens is 2. The molecular formula is C24H26ClF2N3O. The van der Waals surface area contributed by atoms with E-state index in [0.29, 0.717) is 22.0 Å². The molecule has 0 spiro atoms. The Morgan fingerprint density at radius 3 is 2.58 bits per heavy atom. The molecule has 2 heterocycles. The Hall–Kier alpha value is -2.31. The summed E-state index contributed by atoms with van der Waals surface area (Å²) in [6.45, 7) is 6.31. The summed E-state index contributed by atoms with van der Waals surface area (Å²) in [7, 11) is 0. The van der Waals surface area contributed by atoms with Crippen LogP contribution in [0.1, 0.15) is 38.9 Å². The molecule has 0 N–H and O–H groups in total. The van der Waals surface area contributed by atoms with Crippen molar-refractivity contribution in [3.63, 3.8) is 0 Å². The van der Waals surface area contributed by atoms with E-state index in [9.17, 15) is 13.6 Å². The first kappa shape index (κ1) is 21.9. The lowest BCUT2D eigenvalue weighted by molar-refractivity contribution is 0.114. The summed E-state index contributed by atoms with van der Waals surface area (Å²) in [6.07, 6.45) is -0.908. The first-order valence-corrected chi connectivity index (χ1v) is 11.0. The van der Waals surface area contributed by atoms with Crippen molar-refractivity contribution in [2.24, 2.45) is 5.92 Å². The minimum atomic E-state index is -2.82. The molecule has 1 unspecified atom stereocenters. The molecule has 1 aromatic heterocycles. The summed E-state index contributed by atoms with van der Waals surface area (Å²) in [5.41, 5.74) is 1.35. The van der Waals surface area contributed by atoms with Crippen molar-refractivity contribution in [3.05, 3.63) is 63.7 Å². The summed E-state index contributed by atoms with van der Waals surface area (Å²) < 4.78 is 29.0. The maximum atomic E-state index is 13.9. The van der Waals surface area contributed by atoms with Crippen molar-refractivity contribution in [3.8, 4) is 11.1 Å². The predicted octanol–water partition coefficient (Wildman–Crippen LogP) is 5.77. The maximum Gasteiger partial charge on any atom is 0.295 e. The number of rotatable bonds is 5. The normalized spacial score (nSPS) is 17.7. The van der Waals surface area contributed by atoms with E-state index in [1.54, 1.807) is 24.3 Å². The number of nitrogens with zero attached hydrogens (tertiary/aromatic N) is 3. The lowest BCUT2D eigenvalue weighted by atomic mass is 9.96. The van der Waals surface area contributed by atoms with E-state index in [2.05, 4.69) is 23.7 Å². The molecule has 164 valence electrons. The van der Waals surface area contributed by atoms with Gasteiger partial charge in [0.2, 0.25) is 0 Å². The van der Waals surface area contributed by atoms with Gasteiger partial charge >= 0.3 is 0 Å². The molecule has 0 amide bonds. The highest BCUT2D eigenvalue weighted by Gasteiger charge is 2.26. The number of halogens is 3. The number of hydrogen-bond donors (Lipinski definition) is 0. The molecule has 0 aliphatic carbocycles. The van der Waals surface area contributed by atoms with Crippen molar-refractivity contribution in [1.82, 2.24) is 14.5 Å². The molecular weight excluding hydrogens is 420 g/mol. The van der Waals surface area contributed by atoms with E-state index in [1.165, 1.54) is 4.57 Å². The van der Waals surface area contributed by atoms with Crippen LogP contribution in [0.25, 0.3) is 22.0 Å². The van der Waals surface area contributed by atoms with Crippen LogP contribution in [0.3, 0.4) is 0 Å². The Morgan fingerprint density at radius 1 is 1.16 bits per heavy atom. The minimum Gasteiger partial charge on any atom is -0.301 e. The standard InChI is InChI=1S/C24H26ClF2N3O/c1-15(2)29-12-4-5-16(13-29)14-30-23(22(26)27)28-20-7-3-6-19(21(20)24(30)31)17-8-10-18(25)11-9-17/h3,6-11,15-16,22H,4-5,12-14H2,1-2H3. The van der Waals surface area contributed by atoms with Gasteiger partial charge in [-0.05, 0) is 68.5 Å². The van der Waals surface area contributed by atoms with Crippen LogP contribution in [0.5, 0.6) is 0 Å². The van der Waals surface area contributed by atoms with E-state index in [1.807, 2.05) is 18.2 Å². The van der Waals surface area contributed by atoms with Gasteiger partial charge in [0.15, 0.2) is 5.82 Å². The summed E-state index contributed by atoms with van der Waals surface area (Å²) >= 11 is 6.01. The SMILES string of the molecule is CC(C)N1CCCC(Cn2c(C(F)F)nc3cccc(-c4ccc(Cl)cc4)c3c2=O)C1. The van der Waals surface area contributed by atoms with E-state index in [0.717, 1.165) is 31.5 Å². The number of fused-ring (bicyclic) bond motifs is 1. The van der Waals surface area contributed by atoms with Crippen LogP contribution in [-0.2, 0) is 6.54 Å². The van der Waals surface area contributed by atoms with Gasteiger partial charge in [-0.15, -0.1) is 0 Å². The topological polar surface area (TPSA) is 38.1 Å². The van der Waals surface area contributed by atoms with E-state index in [-0.39, 0.29) is 18.0 Å². The van der Waals surface area contributed by atoms with Crippen molar-refractivity contribution in [2.75, 3.05) is 13.1 Å². The van der Waals surface area contributed by atoms with Gasteiger partial charge in [0.1, 0.15) is 0 Å². The number of benzene rings is 2. The average molecular weight is 446 g/mol. The van der Waals surface area contributed by atoms with Gasteiger partial charge in [-0.1, -0.05) is 35.9 Å². The third-order valence-corrected chi connectivity index (χ3v) is 6.34. The van der Waals surface area contributed by atoms with Gasteiger partial charge in [0.05, 0.1) is 10.9 Å². The first-order chi connectivity index (χ1) is 14.8. The summed E-state index contributed by atoms with van der Waals surface area (Å²) in [4.78, 5) is 20.1. The quantitative estimate of drug-likeness (QED) is 0.500. The number of likely N-dealkylation sites (tertiary alicyclic amines) is 1. The number of hydrogen-bond acceptors (Lipinski definition) is 3. The molecule has 31 heavy (non-hydrogen) atoms. The van der Waals surface area contributed by atoms with Gasteiger partial charge in [-0.2, -0.15) is 0 Å². The molecule has 0 bridgehead atoms. The lowest BCUT2D eigenvalue weighted by Gasteiger charge is -2.35. The Labute approximate surface area is 185 Å². The van der Waals surface area contributed by atoms with E-state index >= 15 is 0 Å². The number of piperidine rings is 1. The third kappa shape index (κ3) is 4.51. The van der Waals surface area contributed by atoms with Crippen molar-refractivity contribution in [1.29, 1.82) is 0 Å².